The number of halogens is 3. The Morgan fingerprint density at radius 2 is 1.47 bits per heavy atom. The molecular formula is C13H10Cl3N. The van der Waals surface area contributed by atoms with Gasteiger partial charge >= 0.3 is 0 Å². The number of nitrogens with one attached hydrogen (secondary N) is 1. The summed E-state index contributed by atoms with van der Waals surface area (Å²) in [7, 11) is 0. The molecule has 0 amide bonds. The topological polar surface area (TPSA) is 12.0 Å². The molecule has 88 valence electrons. The van der Waals surface area contributed by atoms with E-state index < -0.39 is 0 Å². The standard InChI is InChI=1S/C13H10Cl3N/c14-8-9-4-6-10(7-5-9)17-13-11(15)2-1-3-12(13)16/h1-7,17H,8H2. The van der Waals surface area contributed by atoms with Crippen molar-refractivity contribution in [2.45, 2.75) is 5.88 Å². The molecule has 0 atom stereocenters. The van der Waals surface area contributed by atoms with Crippen LogP contribution in [-0.4, -0.2) is 0 Å². The number of hydrogen-bond acceptors (Lipinski definition) is 1. The predicted octanol–water partition coefficient (Wildman–Crippen LogP) is 5.48. The number of benzene rings is 2. The van der Waals surface area contributed by atoms with Crippen LogP contribution in [-0.2, 0) is 5.88 Å². The van der Waals surface area contributed by atoms with Gasteiger partial charge in [-0.1, -0.05) is 41.4 Å². The van der Waals surface area contributed by atoms with E-state index in [0.29, 0.717) is 15.9 Å². The van der Waals surface area contributed by atoms with Crippen molar-refractivity contribution in [2.75, 3.05) is 5.32 Å². The number of hydrogen-bond donors (Lipinski definition) is 1. The molecule has 0 heterocycles. The minimum absolute atomic E-state index is 0.507. The normalized spacial score (nSPS) is 10.3. The minimum atomic E-state index is 0.507. The summed E-state index contributed by atoms with van der Waals surface area (Å²) in [5.41, 5.74) is 2.71. The molecule has 0 fully saturated rings. The molecule has 0 aliphatic carbocycles. The molecule has 0 saturated carbocycles. The minimum Gasteiger partial charge on any atom is -0.353 e. The predicted molar refractivity (Wildman–Crippen MR) is 75.7 cm³/mol. The summed E-state index contributed by atoms with van der Waals surface area (Å²) in [5.74, 6) is 0.507. The van der Waals surface area contributed by atoms with Crippen molar-refractivity contribution in [2.24, 2.45) is 0 Å². The molecule has 0 aromatic heterocycles. The second-order valence-electron chi connectivity index (χ2n) is 3.55. The lowest BCUT2D eigenvalue weighted by atomic mass is 10.2. The lowest BCUT2D eigenvalue weighted by Gasteiger charge is -2.10. The zero-order valence-corrected chi connectivity index (χ0v) is 11.2. The number of anilines is 2. The molecule has 0 aliphatic heterocycles. The molecule has 1 nitrogen and oxygen atoms in total. The van der Waals surface area contributed by atoms with E-state index in [1.165, 1.54) is 0 Å². The average Bonchev–Trinajstić information content (AvgIpc) is 2.35. The quantitative estimate of drug-likeness (QED) is 0.737. The third kappa shape index (κ3) is 3.06. The third-order valence-corrected chi connectivity index (χ3v) is 3.28. The van der Waals surface area contributed by atoms with E-state index in [-0.39, 0.29) is 0 Å². The van der Waals surface area contributed by atoms with Gasteiger partial charge < -0.3 is 5.32 Å². The first kappa shape index (κ1) is 12.6. The van der Waals surface area contributed by atoms with Gasteiger partial charge in [0, 0.05) is 11.6 Å². The largest absolute Gasteiger partial charge is 0.353 e. The zero-order valence-electron chi connectivity index (χ0n) is 8.88. The van der Waals surface area contributed by atoms with E-state index >= 15 is 0 Å². The van der Waals surface area contributed by atoms with Gasteiger partial charge in [-0.15, -0.1) is 11.6 Å². The van der Waals surface area contributed by atoms with Crippen LogP contribution in [0.3, 0.4) is 0 Å². The Bertz CT molecular complexity index is 488. The fraction of sp³-hybridized carbons (Fsp3) is 0.0769. The summed E-state index contributed by atoms with van der Waals surface area (Å²) in [6.07, 6.45) is 0. The highest BCUT2D eigenvalue weighted by Gasteiger charge is 2.05. The molecular weight excluding hydrogens is 277 g/mol. The lowest BCUT2D eigenvalue weighted by molar-refractivity contribution is 1.40. The van der Waals surface area contributed by atoms with Crippen LogP contribution in [0, 0.1) is 0 Å². The van der Waals surface area contributed by atoms with Crippen LogP contribution in [0.4, 0.5) is 11.4 Å². The third-order valence-electron chi connectivity index (χ3n) is 2.34. The smallest absolute Gasteiger partial charge is 0.0762 e. The second-order valence-corrected chi connectivity index (χ2v) is 4.63. The maximum atomic E-state index is 6.07. The van der Waals surface area contributed by atoms with E-state index in [1.54, 1.807) is 12.1 Å². The van der Waals surface area contributed by atoms with E-state index in [1.807, 2.05) is 30.3 Å². The average molecular weight is 287 g/mol. The Hall–Kier alpha value is -0.890. The molecule has 0 spiro atoms. The van der Waals surface area contributed by atoms with Gasteiger partial charge in [-0.05, 0) is 29.8 Å². The van der Waals surface area contributed by atoms with E-state index in [4.69, 9.17) is 34.8 Å². The van der Waals surface area contributed by atoms with Crippen LogP contribution in [0.5, 0.6) is 0 Å². The molecule has 0 saturated heterocycles. The zero-order chi connectivity index (χ0) is 12.3. The molecule has 0 radical (unpaired) electrons. The molecule has 2 rings (SSSR count). The first-order valence-electron chi connectivity index (χ1n) is 5.06. The van der Waals surface area contributed by atoms with Gasteiger partial charge in [-0.3, -0.25) is 0 Å². The first-order valence-corrected chi connectivity index (χ1v) is 6.35. The molecule has 2 aromatic carbocycles. The summed E-state index contributed by atoms with van der Waals surface area (Å²) in [4.78, 5) is 0. The van der Waals surface area contributed by atoms with Crippen molar-refractivity contribution in [3.8, 4) is 0 Å². The Morgan fingerprint density at radius 1 is 0.882 bits per heavy atom. The van der Waals surface area contributed by atoms with Crippen LogP contribution in [0.25, 0.3) is 0 Å². The van der Waals surface area contributed by atoms with E-state index in [9.17, 15) is 0 Å². The van der Waals surface area contributed by atoms with Crippen LogP contribution >= 0.6 is 34.8 Å². The second kappa shape index (κ2) is 5.63. The summed E-state index contributed by atoms with van der Waals surface area (Å²) in [5, 5.41) is 4.38. The number of para-hydroxylation sites is 1. The highest BCUT2D eigenvalue weighted by atomic mass is 35.5. The van der Waals surface area contributed by atoms with E-state index in [2.05, 4.69) is 5.32 Å². The Labute approximate surface area is 115 Å². The van der Waals surface area contributed by atoms with Gasteiger partial charge in [0.2, 0.25) is 0 Å². The van der Waals surface area contributed by atoms with Crippen molar-refractivity contribution in [3.63, 3.8) is 0 Å². The van der Waals surface area contributed by atoms with Crippen molar-refractivity contribution in [1.82, 2.24) is 0 Å². The lowest BCUT2D eigenvalue weighted by Crippen LogP contribution is -1.92. The monoisotopic (exact) mass is 285 g/mol. The van der Waals surface area contributed by atoms with Gasteiger partial charge in [0.05, 0.1) is 15.7 Å². The first-order chi connectivity index (χ1) is 8.20. The molecule has 4 heteroatoms. The van der Waals surface area contributed by atoms with E-state index in [0.717, 1.165) is 16.9 Å². The summed E-state index contributed by atoms with van der Waals surface area (Å²) in [6.45, 7) is 0. The summed E-state index contributed by atoms with van der Waals surface area (Å²) in [6, 6.07) is 13.2. The molecule has 0 bridgehead atoms. The molecule has 0 unspecified atom stereocenters. The Kier molecular flexibility index (Phi) is 4.16. The fourth-order valence-electron chi connectivity index (χ4n) is 1.44. The summed E-state index contributed by atoms with van der Waals surface area (Å²) >= 11 is 17.9. The Balaban J connectivity index is 2.25. The van der Waals surface area contributed by atoms with Crippen LogP contribution in [0.1, 0.15) is 5.56 Å². The highest BCUT2D eigenvalue weighted by molar-refractivity contribution is 6.39. The van der Waals surface area contributed by atoms with Crippen molar-refractivity contribution < 1.29 is 0 Å². The number of alkyl halides is 1. The highest BCUT2D eigenvalue weighted by Crippen LogP contribution is 2.32. The molecule has 2 aromatic rings. The van der Waals surface area contributed by atoms with Crippen LogP contribution in [0.2, 0.25) is 10.0 Å². The molecule has 1 N–H and O–H groups in total. The molecule has 17 heavy (non-hydrogen) atoms. The Morgan fingerprint density at radius 3 is 2.00 bits per heavy atom. The van der Waals surface area contributed by atoms with Crippen molar-refractivity contribution >= 4 is 46.2 Å². The van der Waals surface area contributed by atoms with Gasteiger partial charge in [0.15, 0.2) is 0 Å². The van der Waals surface area contributed by atoms with Gasteiger partial charge in [-0.25, -0.2) is 0 Å². The van der Waals surface area contributed by atoms with Crippen LogP contribution < -0.4 is 5.32 Å². The fourth-order valence-corrected chi connectivity index (χ4v) is 2.11. The van der Waals surface area contributed by atoms with Gasteiger partial charge in [0.25, 0.3) is 0 Å². The molecule has 0 aliphatic rings. The van der Waals surface area contributed by atoms with Crippen molar-refractivity contribution in [1.29, 1.82) is 0 Å². The van der Waals surface area contributed by atoms with Crippen LogP contribution in [0.15, 0.2) is 42.5 Å². The SMILES string of the molecule is ClCc1ccc(Nc2c(Cl)cccc2Cl)cc1. The van der Waals surface area contributed by atoms with Gasteiger partial charge in [0.1, 0.15) is 0 Å². The van der Waals surface area contributed by atoms with Crippen molar-refractivity contribution in [3.05, 3.63) is 58.1 Å². The summed E-state index contributed by atoms with van der Waals surface area (Å²) < 4.78 is 0. The maximum Gasteiger partial charge on any atom is 0.0762 e. The maximum absolute atomic E-state index is 6.07. The number of rotatable bonds is 3. The van der Waals surface area contributed by atoms with Gasteiger partial charge in [-0.2, -0.15) is 0 Å².